The molecular formula is C20H17F4N3O4S. The quantitative estimate of drug-likeness (QED) is 0.477. The SMILES string of the molecule is Cc1cc(C)cc(S(=O)(=O)Nc2nccc(-c3cc(OC(F)F)ccc3OC(F)F)n2)c1. The lowest BCUT2D eigenvalue weighted by molar-refractivity contribution is -0.0526. The van der Waals surface area contributed by atoms with Gasteiger partial charge in [-0.05, 0) is 61.4 Å². The third-order valence-electron chi connectivity index (χ3n) is 4.05. The summed E-state index contributed by atoms with van der Waals surface area (Å²) in [6, 6.07) is 9.05. The minimum atomic E-state index is -4.06. The van der Waals surface area contributed by atoms with Gasteiger partial charge in [0.15, 0.2) is 0 Å². The molecule has 0 aliphatic rings. The third kappa shape index (κ3) is 5.84. The molecule has 3 rings (SSSR count). The summed E-state index contributed by atoms with van der Waals surface area (Å²) in [6.45, 7) is -2.86. The van der Waals surface area contributed by atoms with Crippen molar-refractivity contribution in [3.05, 3.63) is 59.8 Å². The fraction of sp³-hybridized carbons (Fsp3) is 0.200. The van der Waals surface area contributed by atoms with E-state index in [0.717, 1.165) is 29.3 Å². The van der Waals surface area contributed by atoms with Crippen molar-refractivity contribution in [2.45, 2.75) is 32.0 Å². The number of aryl methyl sites for hydroxylation is 2. The summed E-state index contributed by atoms with van der Waals surface area (Å²) in [5.74, 6) is -1.05. The molecule has 0 saturated carbocycles. The van der Waals surface area contributed by atoms with Crippen LogP contribution in [0.25, 0.3) is 11.3 Å². The van der Waals surface area contributed by atoms with Crippen LogP contribution in [0.1, 0.15) is 11.1 Å². The van der Waals surface area contributed by atoms with Crippen molar-refractivity contribution in [2.24, 2.45) is 0 Å². The van der Waals surface area contributed by atoms with E-state index >= 15 is 0 Å². The van der Waals surface area contributed by atoms with E-state index < -0.39 is 23.2 Å². The maximum absolute atomic E-state index is 12.8. The Labute approximate surface area is 181 Å². The molecule has 1 heterocycles. The fourth-order valence-corrected chi connectivity index (χ4v) is 4.05. The average molecular weight is 471 g/mol. The molecule has 0 atom stereocenters. The Kier molecular flexibility index (Phi) is 6.82. The van der Waals surface area contributed by atoms with Gasteiger partial charge < -0.3 is 9.47 Å². The molecule has 0 fully saturated rings. The van der Waals surface area contributed by atoms with Gasteiger partial charge in [-0.1, -0.05) is 6.07 Å². The maximum Gasteiger partial charge on any atom is 0.387 e. The second-order valence-corrected chi connectivity index (χ2v) is 8.29. The van der Waals surface area contributed by atoms with Crippen molar-refractivity contribution in [1.82, 2.24) is 9.97 Å². The van der Waals surface area contributed by atoms with E-state index in [2.05, 4.69) is 24.2 Å². The summed E-state index contributed by atoms with van der Waals surface area (Å²) < 4.78 is 87.1. The normalized spacial score (nSPS) is 11.6. The van der Waals surface area contributed by atoms with Crippen LogP contribution in [0.5, 0.6) is 11.5 Å². The van der Waals surface area contributed by atoms with Gasteiger partial charge in [0, 0.05) is 11.8 Å². The Morgan fingerprint density at radius 1 is 0.906 bits per heavy atom. The van der Waals surface area contributed by atoms with Crippen LogP contribution in [0, 0.1) is 13.8 Å². The number of anilines is 1. The van der Waals surface area contributed by atoms with Gasteiger partial charge in [-0.2, -0.15) is 17.6 Å². The minimum Gasteiger partial charge on any atom is -0.435 e. The monoisotopic (exact) mass is 471 g/mol. The number of sulfonamides is 1. The highest BCUT2D eigenvalue weighted by Crippen LogP contribution is 2.34. The predicted octanol–water partition coefficient (Wildman–Crippen LogP) is 4.76. The number of hydrogen-bond donors (Lipinski definition) is 1. The Hall–Kier alpha value is -3.41. The molecule has 0 radical (unpaired) electrons. The van der Waals surface area contributed by atoms with Crippen molar-refractivity contribution < 1.29 is 35.5 Å². The lowest BCUT2D eigenvalue weighted by Crippen LogP contribution is -2.15. The molecule has 2 aromatic carbocycles. The zero-order chi connectivity index (χ0) is 23.5. The lowest BCUT2D eigenvalue weighted by atomic mass is 10.1. The molecule has 0 saturated heterocycles. The van der Waals surface area contributed by atoms with Gasteiger partial charge >= 0.3 is 13.2 Å². The molecule has 7 nitrogen and oxygen atoms in total. The number of alkyl halides is 4. The number of nitrogens with one attached hydrogen (secondary N) is 1. The number of rotatable bonds is 8. The van der Waals surface area contributed by atoms with Gasteiger partial charge in [0.1, 0.15) is 11.5 Å². The number of nitrogens with zero attached hydrogens (tertiary/aromatic N) is 2. The Morgan fingerprint density at radius 3 is 2.19 bits per heavy atom. The zero-order valence-corrected chi connectivity index (χ0v) is 17.5. The van der Waals surface area contributed by atoms with Crippen LogP contribution in [0.2, 0.25) is 0 Å². The summed E-state index contributed by atoms with van der Waals surface area (Å²) in [4.78, 5) is 7.84. The van der Waals surface area contributed by atoms with Crippen LogP contribution in [0.4, 0.5) is 23.5 Å². The highest BCUT2D eigenvalue weighted by molar-refractivity contribution is 7.92. The van der Waals surface area contributed by atoms with Gasteiger partial charge in [-0.15, -0.1) is 0 Å². The summed E-state index contributed by atoms with van der Waals surface area (Å²) in [5, 5.41) is 0. The highest BCUT2D eigenvalue weighted by atomic mass is 32.2. The molecule has 170 valence electrons. The van der Waals surface area contributed by atoms with E-state index in [1.165, 1.54) is 24.4 Å². The maximum atomic E-state index is 12.8. The van der Waals surface area contributed by atoms with Crippen LogP contribution in [-0.4, -0.2) is 31.6 Å². The molecule has 1 N–H and O–H groups in total. The summed E-state index contributed by atoms with van der Waals surface area (Å²) in [7, 11) is -4.06. The number of benzene rings is 2. The van der Waals surface area contributed by atoms with Crippen molar-refractivity contribution in [1.29, 1.82) is 0 Å². The van der Waals surface area contributed by atoms with Crippen LogP contribution in [0.3, 0.4) is 0 Å². The first-order valence-electron chi connectivity index (χ1n) is 9.02. The first-order valence-corrected chi connectivity index (χ1v) is 10.5. The second-order valence-electron chi connectivity index (χ2n) is 6.61. The minimum absolute atomic E-state index is 0.0157. The Balaban J connectivity index is 1.99. The molecule has 12 heteroatoms. The van der Waals surface area contributed by atoms with Crippen LogP contribution in [0.15, 0.2) is 53.6 Å². The number of aromatic nitrogens is 2. The van der Waals surface area contributed by atoms with E-state index in [9.17, 15) is 26.0 Å². The molecule has 0 bridgehead atoms. The number of halogens is 4. The molecule has 0 amide bonds. The Bertz CT molecular complexity index is 1200. The van der Waals surface area contributed by atoms with Gasteiger partial charge in [-0.3, -0.25) is 0 Å². The van der Waals surface area contributed by atoms with Crippen molar-refractivity contribution >= 4 is 16.0 Å². The molecule has 0 unspecified atom stereocenters. The molecule has 0 aliphatic heterocycles. The van der Waals surface area contributed by atoms with Crippen molar-refractivity contribution in [3.63, 3.8) is 0 Å². The van der Waals surface area contributed by atoms with Crippen molar-refractivity contribution in [3.8, 4) is 22.8 Å². The zero-order valence-electron chi connectivity index (χ0n) is 16.7. The molecule has 0 aliphatic carbocycles. The van der Waals surface area contributed by atoms with Crippen LogP contribution >= 0.6 is 0 Å². The topological polar surface area (TPSA) is 90.4 Å². The smallest absolute Gasteiger partial charge is 0.387 e. The first kappa shape index (κ1) is 23.3. The number of ether oxygens (including phenoxy) is 2. The lowest BCUT2D eigenvalue weighted by Gasteiger charge is -2.14. The van der Waals surface area contributed by atoms with Crippen LogP contribution < -0.4 is 14.2 Å². The third-order valence-corrected chi connectivity index (χ3v) is 5.36. The van der Waals surface area contributed by atoms with E-state index in [4.69, 9.17) is 0 Å². The largest absolute Gasteiger partial charge is 0.435 e. The highest BCUT2D eigenvalue weighted by Gasteiger charge is 2.19. The molecule has 1 aromatic heterocycles. The van der Waals surface area contributed by atoms with E-state index in [0.29, 0.717) is 0 Å². The number of hydrogen-bond acceptors (Lipinski definition) is 6. The summed E-state index contributed by atoms with van der Waals surface area (Å²) in [5.41, 5.74) is 1.26. The summed E-state index contributed by atoms with van der Waals surface area (Å²) in [6.07, 6.45) is 1.18. The Morgan fingerprint density at radius 2 is 1.56 bits per heavy atom. The standard InChI is InChI=1S/C20H17F4N3O4S/c1-11-7-12(2)9-14(8-11)32(28,29)27-20-25-6-5-16(26-20)15-10-13(30-18(21)22)3-4-17(15)31-19(23)24/h3-10,18-19H,1-2H3,(H,25,26,27). The molecule has 0 spiro atoms. The fourth-order valence-electron chi connectivity index (χ4n) is 2.91. The second kappa shape index (κ2) is 9.39. The van der Waals surface area contributed by atoms with E-state index in [1.54, 1.807) is 19.9 Å². The van der Waals surface area contributed by atoms with Crippen molar-refractivity contribution in [2.75, 3.05) is 4.72 Å². The van der Waals surface area contributed by atoms with Gasteiger partial charge in [0.05, 0.1) is 10.6 Å². The van der Waals surface area contributed by atoms with Crippen LogP contribution in [-0.2, 0) is 10.0 Å². The molecular weight excluding hydrogens is 454 g/mol. The van der Waals surface area contributed by atoms with Gasteiger partial charge in [0.2, 0.25) is 5.95 Å². The molecule has 32 heavy (non-hydrogen) atoms. The van der Waals surface area contributed by atoms with E-state index in [1.807, 2.05) is 0 Å². The average Bonchev–Trinajstić information content (AvgIpc) is 2.67. The first-order chi connectivity index (χ1) is 15.0. The van der Waals surface area contributed by atoms with Gasteiger partial charge in [-0.25, -0.2) is 23.1 Å². The van der Waals surface area contributed by atoms with E-state index in [-0.39, 0.29) is 33.6 Å². The molecule has 3 aromatic rings. The van der Waals surface area contributed by atoms with Gasteiger partial charge in [0.25, 0.3) is 10.0 Å². The summed E-state index contributed by atoms with van der Waals surface area (Å²) >= 11 is 0. The predicted molar refractivity (Wildman–Crippen MR) is 107 cm³/mol.